The number of hydrogen-bond donors (Lipinski definition) is 0. The standard InChI is InChI=1S/C9H6O3S/c1-13-6-4-2-3-5-7(6)9(11)12-8(5)10/h2-4H,1H3. The summed E-state index contributed by atoms with van der Waals surface area (Å²) in [5.41, 5.74) is 0.775. The van der Waals surface area contributed by atoms with Crippen molar-refractivity contribution in [2.24, 2.45) is 0 Å². The van der Waals surface area contributed by atoms with Crippen LogP contribution < -0.4 is 0 Å². The predicted octanol–water partition coefficient (Wildman–Crippen LogP) is 1.72. The lowest BCUT2D eigenvalue weighted by Crippen LogP contribution is -1.97. The van der Waals surface area contributed by atoms with E-state index in [0.717, 1.165) is 4.90 Å². The molecular formula is C9H6O3S. The first-order chi connectivity index (χ1) is 6.24. The molecule has 66 valence electrons. The number of cyclic esters (lactones) is 2. The Morgan fingerprint density at radius 3 is 2.69 bits per heavy atom. The van der Waals surface area contributed by atoms with Crippen LogP contribution in [0.1, 0.15) is 20.7 Å². The lowest BCUT2D eigenvalue weighted by atomic mass is 10.1. The molecule has 4 heteroatoms. The summed E-state index contributed by atoms with van der Waals surface area (Å²) in [6.07, 6.45) is 1.85. The van der Waals surface area contributed by atoms with Crippen LogP contribution in [-0.4, -0.2) is 18.2 Å². The number of hydrogen-bond acceptors (Lipinski definition) is 4. The van der Waals surface area contributed by atoms with E-state index in [-0.39, 0.29) is 0 Å². The van der Waals surface area contributed by atoms with Gasteiger partial charge in [0.05, 0.1) is 11.1 Å². The monoisotopic (exact) mass is 194 g/mol. The first-order valence-corrected chi connectivity index (χ1v) is 4.90. The Morgan fingerprint density at radius 1 is 1.23 bits per heavy atom. The molecule has 0 N–H and O–H groups in total. The van der Waals surface area contributed by atoms with Gasteiger partial charge in [0, 0.05) is 4.90 Å². The Morgan fingerprint density at radius 2 is 2.00 bits per heavy atom. The zero-order chi connectivity index (χ0) is 9.42. The van der Waals surface area contributed by atoms with Gasteiger partial charge in [-0.2, -0.15) is 0 Å². The number of fused-ring (bicyclic) bond motifs is 1. The van der Waals surface area contributed by atoms with Gasteiger partial charge in [-0.25, -0.2) is 9.59 Å². The summed E-state index contributed by atoms with van der Waals surface area (Å²) in [5, 5.41) is 0. The van der Waals surface area contributed by atoms with Crippen molar-refractivity contribution < 1.29 is 14.3 Å². The quantitative estimate of drug-likeness (QED) is 0.388. The van der Waals surface area contributed by atoms with E-state index < -0.39 is 11.9 Å². The van der Waals surface area contributed by atoms with Gasteiger partial charge >= 0.3 is 11.9 Å². The van der Waals surface area contributed by atoms with Gasteiger partial charge in [-0.15, -0.1) is 11.8 Å². The zero-order valence-corrected chi connectivity index (χ0v) is 7.68. The lowest BCUT2D eigenvalue weighted by Gasteiger charge is -1.98. The highest BCUT2D eigenvalue weighted by molar-refractivity contribution is 7.98. The van der Waals surface area contributed by atoms with Gasteiger partial charge in [0.15, 0.2) is 0 Å². The van der Waals surface area contributed by atoms with Crippen LogP contribution in [0.2, 0.25) is 0 Å². The molecule has 1 heterocycles. The number of thioether (sulfide) groups is 1. The predicted molar refractivity (Wildman–Crippen MR) is 48.0 cm³/mol. The molecule has 3 nitrogen and oxygen atoms in total. The molecule has 1 aliphatic rings. The summed E-state index contributed by atoms with van der Waals surface area (Å²) in [4.78, 5) is 23.1. The summed E-state index contributed by atoms with van der Waals surface area (Å²) in [7, 11) is 0. The summed E-state index contributed by atoms with van der Waals surface area (Å²) in [5.74, 6) is -1.08. The van der Waals surface area contributed by atoms with E-state index in [1.54, 1.807) is 18.2 Å². The minimum atomic E-state index is -0.545. The maximum Gasteiger partial charge on any atom is 0.348 e. The van der Waals surface area contributed by atoms with Crippen molar-refractivity contribution in [3.05, 3.63) is 29.3 Å². The van der Waals surface area contributed by atoms with Crippen LogP contribution in [-0.2, 0) is 4.74 Å². The first-order valence-electron chi connectivity index (χ1n) is 3.67. The highest BCUT2D eigenvalue weighted by Crippen LogP contribution is 2.28. The molecule has 1 aliphatic heterocycles. The Labute approximate surface area is 79.1 Å². The Balaban J connectivity index is 2.69. The van der Waals surface area contributed by atoms with Crippen LogP contribution in [0.5, 0.6) is 0 Å². The largest absolute Gasteiger partial charge is 0.386 e. The number of carbonyl (C=O) groups is 2. The van der Waals surface area contributed by atoms with Crippen LogP contribution >= 0.6 is 11.8 Å². The topological polar surface area (TPSA) is 43.4 Å². The first kappa shape index (κ1) is 8.31. The maximum absolute atomic E-state index is 11.2. The van der Waals surface area contributed by atoms with Gasteiger partial charge < -0.3 is 4.74 Å². The Bertz CT molecular complexity index is 398. The van der Waals surface area contributed by atoms with Crippen LogP contribution in [0, 0.1) is 0 Å². The molecule has 0 saturated carbocycles. The minimum absolute atomic E-state index is 0.372. The molecule has 13 heavy (non-hydrogen) atoms. The van der Waals surface area contributed by atoms with Crippen LogP contribution in [0.15, 0.2) is 23.1 Å². The van der Waals surface area contributed by atoms with Gasteiger partial charge in [-0.3, -0.25) is 0 Å². The van der Waals surface area contributed by atoms with Crippen LogP contribution in [0.3, 0.4) is 0 Å². The van der Waals surface area contributed by atoms with Gasteiger partial charge in [-0.05, 0) is 18.4 Å². The molecule has 2 rings (SSSR count). The molecule has 0 radical (unpaired) electrons. The number of ether oxygens (including phenoxy) is 1. The second kappa shape index (κ2) is 2.88. The molecule has 0 aromatic heterocycles. The van der Waals surface area contributed by atoms with Crippen molar-refractivity contribution in [1.29, 1.82) is 0 Å². The fraction of sp³-hybridized carbons (Fsp3) is 0.111. The number of esters is 2. The van der Waals surface area contributed by atoms with Crippen LogP contribution in [0.4, 0.5) is 0 Å². The van der Waals surface area contributed by atoms with Crippen molar-refractivity contribution >= 4 is 23.7 Å². The Kier molecular flexibility index (Phi) is 1.84. The van der Waals surface area contributed by atoms with Crippen molar-refractivity contribution in [2.75, 3.05) is 6.26 Å². The third kappa shape index (κ3) is 1.14. The molecular weight excluding hydrogens is 188 g/mol. The zero-order valence-electron chi connectivity index (χ0n) is 6.87. The molecule has 1 aromatic carbocycles. The third-order valence-corrected chi connectivity index (χ3v) is 2.64. The normalized spacial score (nSPS) is 14.2. The fourth-order valence-electron chi connectivity index (χ4n) is 1.27. The minimum Gasteiger partial charge on any atom is -0.386 e. The molecule has 0 atom stereocenters. The third-order valence-electron chi connectivity index (χ3n) is 1.86. The summed E-state index contributed by atoms with van der Waals surface area (Å²) in [6.45, 7) is 0. The smallest absolute Gasteiger partial charge is 0.348 e. The average Bonchev–Trinajstić information content (AvgIpc) is 2.43. The number of benzene rings is 1. The van der Waals surface area contributed by atoms with Crippen molar-refractivity contribution in [2.45, 2.75) is 4.90 Å². The highest BCUT2D eigenvalue weighted by Gasteiger charge is 2.31. The Hall–Kier alpha value is -1.29. The van der Waals surface area contributed by atoms with Gasteiger partial charge in [0.1, 0.15) is 0 Å². The number of carbonyl (C=O) groups excluding carboxylic acids is 2. The number of rotatable bonds is 1. The molecule has 0 amide bonds. The van der Waals surface area contributed by atoms with E-state index in [1.165, 1.54) is 11.8 Å². The second-order valence-electron chi connectivity index (χ2n) is 2.56. The van der Waals surface area contributed by atoms with E-state index >= 15 is 0 Å². The molecule has 0 spiro atoms. The summed E-state index contributed by atoms with van der Waals surface area (Å²) in [6, 6.07) is 5.14. The van der Waals surface area contributed by atoms with E-state index in [4.69, 9.17) is 0 Å². The van der Waals surface area contributed by atoms with Crippen molar-refractivity contribution in [3.8, 4) is 0 Å². The van der Waals surface area contributed by atoms with E-state index in [0.29, 0.717) is 11.1 Å². The SMILES string of the molecule is CSc1cccc2c1C(=O)OC2=O. The summed E-state index contributed by atoms with van der Waals surface area (Å²) < 4.78 is 4.48. The van der Waals surface area contributed by atoms with Gasteiger partial charge in [-0.1, -0.05) is 6.07 Å². The molecule has 0 unspecified atom stereocenters. The molecule has 0 saturated heterocycles. The van der Waals surface area contributed by atoms with Gasteiger partial charge in [0.25, 0.3) is 0 Å². The highest BCUT2D eigenvalue weighted by atomic mass is 32.2. The maximum atomic E-state index is 11.2. The molecule has 0 fully saturated rings. The molecule has 0 aliphatic carbocycles. The van der Waals surface area contributed by atoms with E-state index in [9.17, 15) is 9.59 Å². The summed E-state index contributed by atoms with van der Waals surface area (Å²) >= 11 is 1.43. The fourth-order valence-corrected chi connectivity index (χ4v) is 1.88. The van der Waals surface area contributed by atoms with Crippen molar-refractivity contribution in [3.63, 3.8) is 0 Å². The van der Waals surface area contributed by atoms with E-state index in [1.807, 2.05) is 6.26 Å². The van der Waals surface area contributed by atoms with Crippen molar-refractivity contribution in [1.82, 2.24) is 0 Å². The van der Waals surface area contributed by atoms with E-state index in [2.05, 4.69) is 4.74 Å². The molecule has 0 bridgehead atoms. The lowest BCUT2D eigenvalue weighted by molar-refractivity contribution is 0.0442. The molecule has 1 aromatic rings. The van der Waals surface area contributed by atoms with Crippen LogP contribution in [0.25, 0.3) is 0 Å². The average molecular weight is 194 g/mol. The second-order valence-corrected chi connectivity index (χ2v) is 3.41. The van der Waals surface area contributed by atoms with Gasteiger partial charge in [0.2, 0.25) is 0 Å².